The third-order valence-electron chi connectivity index (χ3n) is 3.77. The van der Waals surface area contributed by atoms with E-state index in [2.05, 4.69) is 5.32 Å². The van der Waals surface area contributed by atoms with Crippen molar-refractivity contribution in [1.82, 2.24) is 5.32 Å². The van der Waals surface area contributed by atoms with E-state index in [4.69, 9.17) is 28.4 Å². The molecule has 0 saturated heterocycles. The van der Waals surface area contributed by atoms with Crippen molar-refractivity contribution in [3.63, 3.8) is 0 Å². The highest BCUT2D eigenvalue weighted by Crippen LogP contribution is 1.98. The van der Waals surface area contributed by atoms with Crippen LogP contribution in [-0.4, -0.2) is 97.5 Å². The SMILES string of the molecule is CCC(C)C(=O)NCCOCCOCCOCCOCCOCCOCC(C)=O. The van der Waals surface area contributed by atoms with Crippen molar-refractivity contribution in [3.8, 4) is 0 Å². The first-order valence-electron chi connectivity index (χ1n) is 10.3. The van der Waals surface area contributed by atoms with Crippen LogP contribution in [-0.2, 0) is 38.0 Å². The number of hydrogen-bond donors (Lipinski definition) is 1. The monoisotopic (exact) mass is 421 g/mol. The summed E-state index contributed by atoms with van der Waals surface area (Å²) >= 11 is 0. The van der Waals surface area contributed by atoms with Crippen molar-refractivity contribution >= 4 is 11.7 Å². The van der Waals surface area contributed by atoms with E-state index in [-0.39, 0.29) is 24.2 Å². The molecule has 0 radical (unpaired) electrons. The van der Waals surface area contributed by atoms with Crippen LogP contribution in [0.25, 0.3) is 0 Å². The molecule has 1 unspecified atom stereocenters. The Morgan fingerprint density at radius 1 is 0.690 bits per heavy atom. The molecular weight excluding hydrogens is 382 g/mol. The molecule has 0 aromatic heterocycles. The van der Waals surface area contributed by atoms with Gasteiger partial charge in [-0.15, -0.1) is 0 Å². The van der Waals surface area contributed by atoms with Gasteiger partial charge < -0.3 is 33.7 Å². The molecule has 29 heavy (non-hydrogen) atoms. The number of Topliss-reactive ketones (excluding diaryl/α,β-unsaturated/α-hetero) is 1. The van der Waals surface area contributed by atoms with Crippen LogP contribution in [0.15, 0.2) is 0 Å². The summed E-state index contributed by atoms with van der Waals surface area (Å²) in [4.78, 5) is 22.2. The van der Waals surface area contributed by atoms with E-state index in [1.165, 1.54) is 6.92 Å². The molecule has 1 N–H and O–H groups in total. The van der Waals surface area contributed by atoms with Crippen molar-refractivity contribution in [3.05, 3.63) is 0 Å². The third-order valence-corrected chi connectivity index (χ3v) is 3.77. The number of nitrogens with one attached hydrogen (secondary N) is 1. The van der Waals surface area contributed by atoms with Crippen LogP contribution in [0.3, 0.4) is 0 Å². The Balaban J connectivity index is 3.10. The maximum atomic E-state index is 11.5. The van der Waals surface area contributed by atoms with E-state index in [0.717, 1.165) is 6.42 Å². The fourth-order valence-corrected chi connectivity index (χ4v) is 1.92. The molecule has 0 aromatic rings. The fraction of sp³-hybridized carbons (Fsp3) is 0.900. The van der Waals surface area contributed by atoms with Gasteiger partial charge in [0.05, 0.1) is 72.7 Å². The molecule has 1 atom stereocenters. The maximum absolute atomic E-state index is 11.5. The molecule has 0 heterocycles. The Labute approximate surface area is 174 Å². The molecule has 0 fully saturated rings. The zero-order valence-electron chi connectivity index (χ0n) is 18.2. The lowest BCUT2D eigenvalue weighted by molar-refractivity contribution is -0.125. The molecule has 0 aliphatic heterocycles. The number of ketones is 1. The summed E-state index contributed by atoms with van der Waals surface area (Å²) in [6.45, 7) is 11.3. The summed E-state index contributed by atoms with van der Waals surface area (Å²) in [6.07, 6.45) is 0.836. The molecule has 0 rings (SSSR count). The van der Waals surface area contributed by atoms with Crippen molar-refractivity contribution in [2.45, 2.75) is 27.2 Å². The lowest BCUT2D eigenvalue weighted by atomic mass is 10.1. The highest BCUT2D eigenvalue weighted by Gasteiger charge is 2.08. The van der Waals surface area contributed by atoms with Crippen LogP contribution < -0.4 is 5.32 Å². The van der Waals surface area contributed by atoms with E-state index in [1.807, 2.05) is 13.8 Å². The van der Waals surface area contributed by atoms with E-state index in [0.29, 0.717) is 79.2 Å². The molecule has 0 aliphatic rings. The number of rotatable bonds is 22. The minimum absolute atomic E-state index is 0.00578. The molecule has 0 aromatic carbocycles. The molecule has 172 valence electrons. The summed E-state index contributed by atoms with van der Waals surface area (Å²) in [5.74, 6) is 0.115. The summed E-state index contributed by atoms with van der Waals surface area (Å²) in [5.41, 5.74) is 0. The topological polar surface area (TPSA) is 102 Å². The predicted molar refractivity (Wildman–Crippen MR) is 108 cm³/mol. The van der Waals surface area contributed by atoms with Crippen LogP contribution in [0.5, 0.6) is 0 Å². The lowest BCUT2D eigenvalue weighted by Gasteiger charge is -2.10. The van der Waals surface area contributed by atoms with Gasteiger partial charge in [0.25, 0.3) is 0 Å². The van der Waals surface area contributed by atoms with Gasteiger partial charge in [-0.05, 0) is 13.3 Å². The fourth-order valence-electron chi connectivity index (χ4n) is 1.92. The van der Waals surface area contributed by atoms with Crippen LogP contribution in [0.1, 0.15) is 27.2 Å². The normalized spacial score (nSPS) is 12.1. The van der Waals surface area contributed by atoms with Crippen LogP contribution in [0, 0.1) is 5.92 Å². The standard InChI is InChI=1S/C20H39NO8/c1-4-18(2)20(23)21-5-6-24-7-8-25-9-10-26-11-12-27-13-14-28-15-16-29-17-19(3)22/h18H,4-17H2,1-3H3,(H,21,23). The van der Waals surface area contributed by atoms with E-state index in [9.17, 15) is 9.59 Å². The number of carbonyl (C=O) groups excluding carboxylic acids is 2. The molecule has 9 nitrogen and oxygen atoms in total. The van der Waals surface area contributed by atoms with Gasteiger partial charge >= 0.3 is 0 Å². The summed E-state index contributed by atoms with van der Waals surface area (Å²) in [6, 6.07) is 0. The van der Waals surface area contributed by atoms with Gasteiger partial charge in [-0.1, -0.05) is 13.8 Å². The van der Waals surface area contributed by atoms with Crippen molar-refractivity contribution < 1.29 is 38.0 Å². The smallest absolute Gasteiger partial charge is 0.222 e. The van der Waals surface area contributed by atoms with Gasteiger partial charge in [-0.3, -0.25) is 9.59 Å². The Hall–Kier alpha value is -1.10. The van der Waals surface area contributed by atoms with E-state index in [1.54, 1.807) is 0 Å². The van der Waals surface area contributed by atoms with Gasteiger partial charge in [-0.2, -0.15) is 0 Å². The van der Waals surface area contributed by atoms with Gasteiger partial charge in [0.15, 0.2) is 5.78 Å². The number of ether oxygens (including phenoxy) is 6. The Bertz CT molecular complexity index is 395. The van der Waals surface area contributed by atoms with Crippen molar-refractivity contribution in [2.24, 2.45) is 5.92 Å². The van der Waals surface area contributed by atoms with E-state index >= 15 is 0 Å². The number of carbonyl (C=O) groups is 2. The second-order valence-corrected chi connectivity index (χ2v) is 6.42. The molecule has 9 heteroatoms. The number of amides is 1. The third kappa shape index (κ3) is 21.4. The van der Waals surface area contributed by atoms with Gasteiger partial charge in [-0.25, -0.2) is 0 Å². The lowest BCUT2D eigenvalue weighted by Crippen LogP contribution is -2.31. The maximum Gasteiger partial charge on any atom is 0.222 e. The summed E-state index contributed by atoms with van der Waals surface area (Å²) in [5, 5.41) is 2.83. The van der Waals surface area contributed by atoms with Gasteiger partial charge in [0, 0.05) is 12.5 Å². The van der Waals surface area contributed by atoms with Crippen LogP contribution in [0.4, 0.5) is 0 Å². The zero-order valence-corrected chi connectivity index (χ0v) is 18.2. The highest BCUT2D eigenvalue weighted by molar-refractivity contribution is 5.78. The van der Waals surface area contributed by atoms with Crippen molar-refractivity contribution in [2.75, 3.05) is 85.8 Å². The molecule has 1 amide bonds. The second-order valence-electron chi connectivity index (χ2n) is 6.42. The Kier molecular flexibility index (Phi) is 20.8. The predicted octanol–water partition coefficient (Wildman–Crippen LogP) is 0.837. The van der Waals surface area contributed by atoms with Gasteiger partial charge in [0.1, 0.15) is 6.61 Å². The molecular formula is C20H39NO8. The zero-order chi connectivity index (χ0) is 21.6. The summed E-state index contributed by atoms with van der Waals surface area (Å²) in [7, 11) is 0. The quantitative estimate of drug-likeness (QED) is 0.257. The Morgan fingerprint density at radius 2 is 1.07 bits per heavy atom. The Morgan fingerprint density at radius 3 is 1.45 bits per heavy atom. The first-order valence-corrected chi connectivity index (χ1v) is 10.3. The van der Waals surface area contributed by atoms with Crippen LogP contribution >= 0.6 is 0 Å². The highest BCUT2D eigenvalue weighted by atomic mass is 16.6. The first-order chi connectivity index (χ1) is 14.1. The average molecular weight is 422 g/mol. The minimum Gasteiger partial charge on any atom is -0.377 e. The van der Waals surface area contributed by atoms with Gasteiger partial charge in [0.2, 0.25) is 5.91 Å². The largest absolute Gasteiger partial charge is 0.377 e. The second kappa shape index (κ2) is 21.6. The average Bonchev–Trinajstić information content (AvgIpc) is 2.71. The molecule has 0 spiro atoms. The van der Waals surface area contributed by atoms with E-state index < -0.39 is 0 Å². The molecule has 0 bridgehead atoms. The van der Waals surface area contributed by atoms with Crippen molar-refractivity contribution in [1.29, 1.82) is 0 Å². The first kappa shape index (κ1) is 27.9. The summed E-state index contributed by atoms with van der Waals surface area (Å²) < 4.78 is 31.9. The molecule has 0 saturated carbocycles. The molecule has 0 aliphatic carbocycles. The number of hydrogen-bond acceptors (Lipinski definition) is 8. The minimum atomic E-state index is 0.00578. The van der Waals surface area contributed by atoms with Crippen LogP contribution in [0.2, 0.25) is 0 Å².